The molecular weight excluding hydrogens is 252 g/mol. The number of fused-ring (bicyclic) bond motifs is 3. The summed E-state index contributed by atoms with van der Waals surface area (Å²) >= 11 is 0. The van der Waals surface area contributed by atoms with E-state index >= 15 is 0 Å². The Bertz CT molecular complexity index is 753. The third-order valence-corrected chi connectivity index (χ3v) is 2.98. The number of nitrogens with zero attached hydrogens (tertiary/aromatic N) is 2. The molecule has 0 saturated carbocycles. The second-order valence-corrected chi connectivity index (χ2v) is 5.76. The molecule has 2 heterocycles. The van der Waals surface area contributed by atoms with Gasteiger partial charge >= 0.3 is 6.09 Å². The van der Waals surface area contributed by atoms with Gasteiger partial charge in [0.2, 0.25) is 0 Å². The Morgan fingerprint density at radius 2 is 1.95 bits per heavy atom. The third-order valence-electron chi connectivity index (χ3n) is 2.98. The van der Waals surface area contributed by atoms with Crippen molar-refractivity contribution in [3.05, 3.63) is 42.7 Å². The minimum atomic E-state index is -0.511. The number of hydrogen-bond acceptors (Lipinski definition) is 3. The molecule has 2 aliphatic heterocycles. The minimum absolute atomic E-state index is 0.397. The summed E-state index contributed by atoms with van der Waals surface area (Å²) in [5.41, 5.74) is 2.26. The lowest BCUT2D eigenvalue weighted by Crippen LogP contribution is -2.27. The molecule has 4 nitrogen and oxygen atoms in total. The molecule has 0 aliphatic carbocycles. The van der Waals surface area contributed by atoms with E-state index in [-0.39, 0.29) is 0 Å². The molecule has 1 aromatic carbocycles. The van der Waals surface area contributed by atoms with Gasteiger partial charge in [-0.1, -0.05) is 18.2 Å². The maximum Gasteiger partial charge on any atom is 0.418 e. The highest BCUT2D eigenvalue weighted by atomic mass is 16.6. The van der Waals surface area contributed by atoms with Gasteiger partial charge in [-0.05, 0) is 32.9 Å². The van der Waals surface area contributed by atoms with E-state index < -0.39 is 11.7 Å². The molecule has 3 rings (SSSR count). The van der Waals surface area contributed by atoms with Crippen LogP contribution in [0.4, 0.5) is 4.79 Å². The highest BCUT2D eigenvalue weighted by Crippen LogP contribution is 2.30. The zero-order valence-corrected chi connectivity index (χ0v) is 11.8. The lowest BCUT2D eigenvalue weighted by molar-refractivity contribution is 0.0536. The van der Waals surface area contributed by atoms with E-state index in [2.05, 4.69) is 4.98 Å². The molecule has 0 atom stereocenters. The molecule has 102 valence electrons. The van der Waals surface area contributed by atoms with Crippen molar-refractivity contribution >= 4 is 17.0 Å². The predicted molar refractivity (Wildman–Crippen MR) is 78.0 cm³/mol. The first-order valence-electron chi connectivity index (χ1n) is 6.54. The third kappa shape index (κ3) is 2.25. The molecule has 0 spiro atoms. The van der Waals surface area contributed by atoms with Crippen LogP contribution in [0.5, 0.6) is 0 Å². The highest BCUT2D eigenvalue weighted by molar-refractivity contribution is 5.97. The maximum atomic E-state index is 12.0. The van der Waals surface area contributed by atoms with Crippen LogP contribution in [0.1, 0.15) is 20.8 Å². The van der Waals surface area contributed by atoms with Gasteiger partial charge in [0.1, 0.15) is 5.60 Å². The predicted octanol–water partition coefficient (Wildman–Crippen LogP) is 3.92. The molecule has 4 heteroatoms. The van der Waals surface area contributed by atoms with Crippen LogP contribution in [0.25, 0.3) is 22.2 Å². The second-order valence-electron chi connectivity index (χ2n) is 5.76. The van der Waals surface area contributed by atoms with Gasteiger partial charge in [0.15, 0.2) is 0 Å². The first kappa shape index (κ1) is 12.7. The number of carbonyl (C=O) groups excluding carboxylic acids is 1. The normalized spacial score (nSPS) is 11.9. The molecule has 0 saturated heterocycles. The van der Waals surface area contributed by atoms with Crippen molar-refractivity contribution in [2.75, 3.05) is 0 Å². The highest BCUT2D eigenvalue weighted by Gasteiger charge is 2.19. The van der Waals surface area contributed by atoms with Gasteiger partial charge in [-0.15, -0.1) is 0 Å². The van der Waals surface area contributed by atoms with Gasteiger partial charge in [-0.25, -0.2) is 9.78 Å². The maximum absolute atomic E-state index is 12.0. The summed E-state index contributed by atoms with van der Waals surface area (Å²) in [6, 6.07) is 9.83. The zero-order valence-electron chi connectivity index (χ0n) is 11.8. The largest absolute Gasteiger partial charge is 0.443 e. The smallest absolute Gasteiger partial charge is 0.418 e. The summed E-state index contributed by atoms with van der Waals surface area (Å²) in [5.74, 6) is 0. The van der Waals surface area contributed by atoms with Crippen LogP contribution in [-0.4, -0.2) is 21.2 Å². The molecule has 0 aromatic heterocycles. The van der Waals surface area contributed by atoms with E-state index in [1.165, 1.54) is 4.57 Å². The summed E-state index contributed by atoms with van der Waals surface area (Å²) in [4.78, 5) is 16.6. The van der Waals surface area contributed by atoms with Crippen LogP contribution in [0, 0.1) is 0 Å². The van der Waals surface area contributed by atoms with Gasteiger partial charge in [-0.2, -0.15) is 0 Å². The Hall–Kier alpha value is -2.36. The van der Waals surface area contributed by atoms with E-state index in [0.29, 0.717) is 0 Å². The number of rotatable bonds is 0. The van der Waals surface area contributed by atoms with Crippen molar-refractivity contribution < 1.29 is 9.53 Å². The van der Waals surface area contributed by atoms with Crippen molar-refractivity contribution in [1.29, 1.82) is 0 Å². The molecule has 0 unspecified atom stereocenters. The fourth-order valence-electron chi connectivity index (χ4n) is 2.16. The average Bonchev–Trinajstić information content (AvgIpc) is 2.74. The molecule has 0 bridgehead atoms. The molecular formula is C16H16N2O2. The van der Waals surface area contributed by atoms with E-state index in [1.807, 2.05) is 51.1 Å². The van der Waals surface area contributed by atoms with Crippen LogP contribution < -0.4 is 0 Å². The van der Waals surface area contributed by atoms with Crippen molar-refractivity contribution in [1.82, 2.24) is 9.55 Å². The first-order valence-corrected chi connectivity index (χ1v) is 6.54. The molecule has 1 aromatic rings. The summed E-state index contributed by atoms with van der Waals surface area (Å²) in [5, 5.41) is 1.10. The van der Waals surface area contributed by atoms with Gasteiger partial charge in [0.05, 0.1) is 11.2 Å². The Morgan fingerprint density at radius 1 is 1.20 bits per heavy atom. The lowest BCUT2D eigenvalue weighted by atomic mass is 10.1. The SMILES string of the molecule is CC(C)(C)OC(=O)n1ccc2c3ccccc3nc-2c1. The van der Waals surface area contributed by atoms with Crippen LogP contribution in [-0.2, 0) is 4.74 Å². The van der Waals surface area contributed by atoms with Gasteiger partial charge in [0.25, 0.3) is 0 Å². The fraction of sp³-hybridized carbons (Fsp3) is 0.250. The van der Waals surface area contributed by atoms with Crippen molar-refractivity contribution in [2.45, 2.75) is 26.4 Å². The van der Waals surface area contributed by atoms with Crippen molar-refractivity contribution in [3.8, 4) is 11.3 Å². The second kappa shape index (κ2) is 4.34. The van der Waals surface area contributed by atoms with Crippen molar-refractivity contribution in [3.63, 3.8) is 0 Å². The molecule has 0 fully saturated rings. The molecule has 0 radical (unpaired) electrons. The number of para-hydroxylation sites is 1. The topological polar surface area (TPSA) is 44.1 Å². The van der Waals surface area contributed by atoms with Crippen LogP contribution in [0.15, 0.2) is 42.7 Å². The molecule has 2 aliphatic rings. The van der Waals surface area contributed by atoms with E-state index in [0.717, 1.165) is 22.2 Å². The molecule has 0 amide bonds. The number of carbonyl (C=O) groups is 1. The Labute approximate surface area is 117 Å². The van der Waals surface area contributed by atoms with E-state index in [9.17, 15) is 4.79 Å². The zero-order chi connectivity index (χ0) is 14.3. The standard InChI is InChI=1S/C16H16N2O2/c1-16(2,3)20-15(19)18-9-8-12-11-6-4-5-7-13(11)17-14(12)10-18/h4-10H,1-3H3. The number of ether oxygens (including phenoxy) is 1. The Balaban J connectivity index is 2.05. The summed E-state index contributed by atoms with van der Waals surface area (Å²) in [6.07, 6.45) is 3.03. The fourth-order valence-corrected chi connectivity index (χ4v) is 2.16. The van der Waals surface area contributed by atoms with E-state index in [1.54, 1.807) is 12.4 Å². The average molecular weight is 268 g/mol. The van der Waals surface area contributed by atoms with E-state index in [4.69, 9.17) is 4.74 Å². The number of hydrogen-bond donors (Lipinski definition) is 0. The summed E-state index contributed by atoms with van der Waals surface area (Å²) in [6.45, 7) is 5.54. The van der Waals surface area contributed by atoms with Gasteiger partial charge < -0.3 is 4.74 Å². The number of benzene rings is 1. The monoisotopic (exact) mass is 268 g/mol. The summed E-state index contributed by atoms with van der Waals surface area (Å²) < 4.78 is 6.77. The van der Waals surface area contributed by atoms with Crippen LogP contribution in [0.3, 0.4) is 0 Å². The van der Waals surface area contributed by atoms with Gasteiger partial charge in [-0.3, -0.25) is 4.57 Å². The van der Waals surface area contributed by atoms with Crippen molar-refractivity contribution in [2.24, 2.45) is 0 Å². The quantitative estimate of drug-likeness (QED) is 0.620. The molecule has 20 heavy (non-hydrogen) atoms. The van der Waals surface area contributed by atoms with Gasteiger partial charge in [0, 0.05) is 23.3 Å². The van der Waals surface area contributed by atoms with Crippen LogP contribution in [0.2, 0.25) is 0 Å². The minimum Gasteiger partial charge on any atom is -0.443 e. The molecule has 0 N–H and O–H groups in total. The Morgan fingerprint density at radius 3 is 2.70 bits per heavy atom. The lowest BCUT2D eigenvalue weighted by Gasteiger charge is -2.20. The number of pyridine rings is 1. The summed E-state index contributed by atoms with van der Waals surface area (Å²) in [7, 11) is 0. The number of aromatic nitrogens is 2. The Kier molecular flexibility index (Phi) is 2.74. The first-order chi connectivity index (χ1) is 9.44. The van der Waals surface area contributed by atoms with Crippen LogP contribution >= 0.6 is 0 Å².